The van der Waals surface area contributed by atoms with Gasteiger partial charge in [0, 0.05) is 39.8 Å². The molecule has 2 aliphatic rings. The molecule has 1 aromatic carbocycles. The van der Waals surface area contributed by atoms with Gasteiger partial charge in [-0.1, -0.05) is 12.1 Å². The summed E-state index contributed by atoms with van der Waals surface area (Å²) in [6.45, 7) is 5.34. The molecule has 0 radical (unpaired) electrons. The number of piperidine rings is 1. The van der Waals surface area contributed by atoms with Crippen molar-refractivity contribution in [3.05, 3.63) is 35.4 Å². The minimum atomic E-state index is -0.222. The first-order valence-corrected chi connectivity index (χ1v) is 9.18. The lowest BCUT2D eigenvalue weighted by atomic mass is 10.1. The molecule has 7 nitrogen and oxygen atoms in total. The third kappa shape index (κ3) is 4.78. The van der Waals surface area contributed by atoms with Gasteiger partial charge in [-0.25, -0.2) is 0 Å². The zero-order valence-electron chi connectivity index (χ0n) is 15.8. The molecule has 0 aromatic heterocycles. The summed E-state index contributed by atoms with van der Waals surface area (Å²) in [7, 11) is 1.75. The van der Waals surface area contributed by atoms with Crippen molar-refractivity contribution in [2.24, 2.45) is 4.99 Å². The number of halogens is 1. The van der Waals surface area contributed by atoms with Crippen LogP contribution < -0.4 is 5.32 Å². The summed E-state index contributed by atoms with van der Waals surface area (Å²) in [6, 6.07) is 6.95. The summed E-state index contributed by atoms with van der Waals surface area (Å²) in [4.78, 5) is 32.6. The minimum Gasteiger partial charge on any atom is -0.378 e. The van der Waals surface area contributed by atoms with E-state index in [4.69, 9.17) is 4.74 Å². The van der Waals surface area contributed by atoms with Gasteiger partial charge in [0.2, 0.25) is 0 Å². The van der Waals surface area contributed by atoms with Crippen LogP contribution in [0, 0.1) is 0 Å². The first-order chi connectivity index (χ1) is 12.7. The summed E-state index contributed by atoms with van der Waals surface area (Å²) >= 11 is 0. The van der Waals surface area contributed by atoms with Gasteiger partial charge in [-0.15, -0.1) is 24.0 Å². The molecule has 0 spiro atoms. The van der Waals surface area contributed by atoms with E-state index in [2.05, 4.69) is 15.2 Å². The van der Waals surface area contributed by atoms with Crippen LogP contribution in [0.1, 0.15) is 40.5 Å². The summed E-state index contributed by atoms with van der Waals surface area (Å²) in [6.07, 6.45) is 2.28. The number of nitrogens with zero attached hydrogens (tertiary/aromatic N) is 3. The van der Waals surface area contributed by atoms with Crippen LogP contribution in [-0.4, -0.2) is 73.5 Å². The number of carbonyl (C=O) groups excluding carboxylic acids is 2. The van der Waals surface area contributed by atoms with E-state index in [1.54, 1.807) is 31.3 Å². The summed E-state index contributed by atoms with van der Waals surface area (Å²) in [5, 5.41) is 3.27. The number of guanidine groups is 1. The molecule has 2 heterocycles. The molecule has 0 atom stereocenters. The van der Waals surface area contributed by atoms with E-state index in [0.717, 1.165) is 38.5 Å². The number of imide groups is 1. The highest BCUT2D eigenvalue weighted by Crippen LogP contribution is 2.21. The molecule has 8 heteroatoms. The highest BCUT2D eigenvalue weighted by Gasteiger charge is 2.34. The number of carbonyl (C=O) groups is 2. The molecule has 0 aliphatic carbocycles. The molecule has 0 unspecified atom stereocenters. The standard InChI is InChI=1S/C19H26N4O3.HI/c1-3-26-14-8-11-22(12-9-14)19(20-2)21-10-13-23-17(24)15-6-4-5-7-16(15)18(23)25;/h4-7,14H,3,8-13H2,1-2H3,(H,20,21);1H. The average molecular weight is 486 g/mol. The molecule has 27 heavy (non-hydrogen) atoms. The second-order valence-corrected chi connectivity index (χ2v) is 6.42. The number of amides is 2. The van der Waals surface area contributed by atoms with Crippen molar-refractivity contribution in [2.45, 2.75) is 25.9 Å². The smallest absolute Gasteiger partial charge is 0.261 e. The van der Waals surface area contributed by atoms with Gasteiger partial charge in [0.05, 0.1) is 17.2 Å². The Labute approximate surface area is 177 Å². The maximum Gasteiger partial charge on any atom is 0.261 e. The SMILES string of the molecule is CCOC1CCN(C(=NC)NCCN2C(=O)c3ccccc3C2=O)CC1.I. The highest BCUT2D eigenvalue weighted by molar-refractivity contribution is 14.0. The topological polar surface area (TPSA) is 74.2 Å². The van der Waals surface area contributed by atoms with Crippen LogP contribution in [-0.2, 0) is 4.74 Å². The van der Waals surface area contributed by atoms with Crippen molar-refractivity contribution in [1.82, 2.24) is 15.1 Å². The van der Waals surface area contributed by atoms with Crippen molar-refractivity contribution < 1.29 is 14.3 Å². The van der Waals surface area contributed by atoms with Gasteiger partial charge in [-0.2, -0.15) is 0 Å². The fraction of sp³-hybridized carbons (Fsp3) is 0.526. The van der Waals surface area contributed by atoms with Gasteiger partial charge in [0.15, 0.2) is 5.96 Å². The van der Waals surface area contributed by atoms with Crippen LogP contribution in [0.5, 0.6) is 0 Å². The van der Waals surface area contributed by atoms with Gasteiger partial charge in [-0.05, 0) is 31.9 Å². The second-order valence-electron chi connectivity index (χ2n) is 6.42. The number of aliphatic imine (C=N–C) groups is 1. The molecule has 148 valence electrons. The molecule has 0 saturated carbocycles. The quantitative estimate of drug-likeness (QED) is 0.298. The van der Waals surface area contributed by atoms with Gasteiger partial charge >= 0.3 is 0 Å². The van der Waals surface area contributed by atoms with Crippen molar-refractivity contribution in [1.29, 1.82) is 0 Å². The number of fused-ring (bicyclic) bond motifs is 1. The van der Waals surface area contributed by atoms with Crippen LogP contribution in [0.4, 0.5) is 0 Å². The van der Waals surface area contributed by atoms with Crippen molar-refractivity contribution >= 4 is 41.8 Å². The normalized spacial score (nSPS) is 17.8. The van der Waals surface area contributed by atoms with E-state index in [-0.39, 0.29) is 35.8 Å². The first kappa shape index (κ1) is 21.6. The number of hydrogen-bond donors (Lipinski definition) is 1. The summed E-state index contributed by atoms with van der Waals surface area (Å²) in [5.41, 5.74) is 0.972. The lowest BCUT2D eigenvalue weighted by molar-refractivity contribution is 0.0263. The Morgan fingerprint density at radius 2 is 1.78 bits per heavy atom. The van der Waals surface area contributed by atoms with E-state index in [0.29, 0.717) is 30.3 Å². The number of ether oxygens (including phenoxy) is 1. The molecule has 1 fully saturated rings. The van der Waals surface area contributed by atoms with Crippen molar-refractivity contribution in [3.63, 3.8) is 0 Å². The monoisotopic (exact) mass is 486 g/mol. The van der Waals surface area contributed by atoms with Crippen LogP contribution in [0.3, 0.4) is 0 Å². The molecule has 2 aliphatic heterocycles. The molecule has 1 saturated heterocycles. The Bertz CT molecular complexity index is 667. The Morgan fingerprint density at radius 3 is 2.30 bits per heavy atom. The number of benzene rings is 1. The van der Waals surface area contributed by atoms with Crippen molar-refractivity contribution in [3.8, 4) is 0 Å². The largest absolute Gasteiger partial charge is 0.378 e. The van der Waals surface area contributed by atoms with E-state index in [1.165, 1.54) is 4.90 Å². The van der Waals surface area contributed by atoms with E-state index >= 15 is 0 Å². The lowest BCUT2D eigenvalue weighted by Gasteiger charge is -2.34. The number of nitrogens with one attached hydrogen (secondary N) is 1. The Morgan fingerprint density at radius 1 is 1.19 bits per heavy atom. The van der Waals surface area contributed by atoms with Crippen molar-refractivity contribution in [2.75, 3.05) is 39.8 Å². The molecule has 1 N–H and O–H groups in total. The van der Waals surface area contributed by atoms with E-state index < -0.39 is 0 Å². The van der Waals surface area contributed by atoms with Gasteiger partial charge < -0.3 is 15.0 Å². The zero-order chi connectivity index (χ0) is 18.5. The average Bonchev–Trinajstić information content (AvgIpc) is 2.91. The Kier molecular flexibility index (Phi) is 8.03. The van der Waals surface area contributed by atoms with Gasteiger partial charge in [0.25, 0.3) is 11.8 Å². The molecule has 2 amide bonds. The van der Waals surface area contributed by atoms with Crippen LogP contribution >= 0.6 is 24.0 Å². The fourth-order valence-electron chi connectivity index (χ4n) is 3.52. The zero-order valence-corrected chi connectivity index (χ0v) is 18.1. The summed E-state index contributed by atoms with van der Waals surface area (Å²) in [5.74, 6) is 0.358. The van der Waals surface area contributed by atoms with Gasteiger partial charge in [0.1, 0.15) is 0 Å². The van der Waals surface area contributed by atoms with Gasteiger partial charge in [-0.3, -0.25) is 19.5 Å². The number of rotatable bonds is 5. The lowest BCUT2D eigenvalue weighted by Crippen LogP contribution is -2.48. The number of likely N-dealkylation sites (tertiary alicyclic amines) is 1. The molecular formula is C19H27IN4O3. The fourth-order valence-corrected chi connectivity index (χ4v) is 3.52. The van der Waals surface area contributed by atoms with Crippen LogP contribution in [0.2, 0.25) is 0 Å². The highest BCUT2D eigenvalue weighted by atomic mass is 127. The van der Waals surface area contributed by atoms with Crippen LogP contribution in [0.15, 0.2) is 29.3 Å². The third-order valence-corrected chi connectivity index (χ3v) is 4.85. The molecule has 1 aromatic rings. The molecular weight excluding hydrogens is 459 g/mol. The molecule has 3 rings (SSSR count). The van der Waals surface area contributed by atoms with Crippen LogP contribution in [0.25, 0.3) is 0 Å². The Hall–Kier alpha value is -1.68. The maximum absolute atomic E-state index is 12.4. The maximum atomic E-state index is 12.4. The minimum absolute atomic E-state index is 0. The first-order valence-electron chi connectivity index (χ1n) is 9.18. The van der Waals surface area contributed by atoms with E-state index in [1.807, 2.05) is 6.92 Å². The molecule has 0 bridgehead atoms. The summed E-state index contributed by atoms with van der Waals surface area (Å²) < 4.78 is 5.68. The van der Waals surface area contributed by atoms with E-state index in [9.17, 15) is 9.59 Å². The number of hydrogen-bond acceptors (Lipinski definition) is 4. The predicted octanol–water partition coefficient (Wildman–Crippen LogP) is 1.98. The Balaban J connectivity index is 0.00000261. The second kappa shape index (κ2) is 10.0. The predicted molar refractivity (Wildman–Crippen MR) is 115 cm³/mol. The third-order valence-electron chi connectivity index (χ3n) is 4.85.